The van der Waals surface area contributed by atoms with Crippen molar-refractivity contribution in [3.8, 4) is 5.75 Å². The minimum Gasteiger partial charge on any atom is -0.496 e. The zero-order chi connectivity index (χ0) is 13.7. The number of methoxy groups -OCH3 is 1. The Hall–Kier alpha value is -2.29. The van der Waals surface area contributed by atoms with Crippen LogP contribution in [0.15, 0.2) is 48.5 Å². The van der Waals surface area contributed by atoms with Gasteiger partial charge in [0.25, 0.3) is 0 Å². The summed E-state index contributed by atoms with van der Waals surface area (Å²) in [5.74, 6) is 0.199. The molecule has 0 aliphatic rings. The highest BCUT2D eigenvalue weighted by Crippen LogP contribution is 2.23. The van der Waals surface area contributed by atoms with Crippen LogP contribution in [0.5, 0.6) is 5.75 Å². The van der Waals surface area contributed by atoms with Crippen molar-refractivity contribution in [2.75, 3.05) is 7.11 Å². The summed E-state index contributed by atoms with van der Waals surface area (Å²) in [5, 5.41) is 0. The van der Waals surface area contributed by atoms with Gasteiger partial charge in [0, 0.05) is 0 Å². The zero-order valence-electron chi connectivity index (χ0n) is 11.1. The molecule has 2 aromatic carbocycles. The number of carbonyl (C=O) groups is 1. The lowest BCUT2D eigenvalue weighted by molar-refractivity contribution is 0.0469. The number of benzene rings is 2. The van der Waals surface area contributed by atoms with Crippen LogP contribution < -0.4 is 4.74 Å². The fourth-order valence-electron chi connectivity index (χ4n) is 1.89. The summed E-state index contributed by atoms with van der Waals surface area (Å²) in [4.78, 5) is 12.0. The van der Waals surface area contributed by atoms with E-state index in [-0.39, 0.29) is 12.6 Å². The highest BCUT2D eigenvalue weighted by molar-refractivity contribution is 5.93. The normalized spacial score (nSPS) is 10.0. The standard InChI is InChI=1S/C16H16O3/c1-12-7-6-10-14(15(12)18-2)16(17)19-11-13-8-4-3-5-9-13/h3-10H,11H2,1-2H3. The minimum atomic E-state index is -0.371. The molecule has 0 N–H and O–H groups in total. The summed E-state index contributed by atoms with van der Waals surface area (Å²) in [6.07, 6.45) is 0. The van der Waals surface area contributed by atoms with Crippen LogP contribution in [0.1, 0.15) is 21.5 Å². The van der Waals surface area contributed by atoms with Gasteiger partial charge in [0.1, 0.15) is 17.9 Å². The molecule has 0 heterocycles. The van der Waals surface area contributed by atoms with E-state index >= 15 is 0 Å². The molecule has 2 aromatic rings. The minimum absolute atomic E-state index is 0.261. The number of rotatable bonds is 4. The first kappa shape index (κ1) is 13.1. The van der Waals surface area contributed by atoms with Crippen LogP contribution in [-0.4, -0.2) is 13.1 Å². The summed E-state index contributed by atoms with van der Waals surface area (Å²) in [7, 11) is 1.55. The molecule has 0 bridgehead atoms. The second-order valence-electron chi connectivity index (χ2n) is 4.22. The van der Waals surface area contributed by atoms with Gasteiger partial charge in [-0.2, -0.15) is 0 Å². The van der Waals surface area contributed by atoms with Crippen molar-refractivity contribution in [3.63, 3.8) is 0 Å². The number of aryl methyl sites for hydroxylation is 1. The Morgan fingerprint density at radius 1 is 1.05 bits per heavy atom. The molecular weight excluding hydrogens is 240 g/mol. The van der Waals surface area contributed by atoms with Crippen molar-refractivity contribution >= 4 is 5.97 Å². The van der Waals surface area contributed by atoms with Crippen molar-refractivity contribution in [1.29, 1.82) is 0 Å². The van der Waals surface area contributed by atoms with E-state index in [1.165, 1.54) is 0 Å². The van der Waals surface area contributed by atoms with Crippen molar-refractivity contribution in [3.05, 3.63) is 65.2 Å². The summed E-state index contributed by atoms with van der Waals surface area (Å²) >= 11 is 0. The average Bonchev–Trinajstić information content (AvgIpc) is 2.45. The van der Waals surface area contributed by atoms with Gasteiger partial charge in [-0.1, -0.05) is 42.5 Å². The summed E-state index contributed by atoms with van der Waals surface area (Å²) in [5.41, 5.74) is 2.33. The maximum absolute atomic E-state index is 12.0. The van der Waals surface area contributed by atoms with Gasteiger partial charge in [0.2, 0.25) is 0 Å². The van der Waals surface area contributed by atoms with Crippen LogP contribution in [0.3, 0.4) is 0 Å². The molecule has 3 heteroatoms. The molecule has 0 aromatic heterocycles. The van der Waals surface area contributed by atoms with Gasteiger partial charge in [0.15, 0.2) is 0 Å². The number of carbonyl (C=O) groups excluding carboxylic acids is 1. The Morgan fingerprint density at radius 2 is 1.79 bits per heavy atom. The second kappa shape index (κ2) is 6.05. The first-order valence-electron chi connectivity index (χ1n) is 6.07. The Balaban J connectivity index is 2.10. The Morgan fingerprint density at radius 3 is 2.47 bits per heavy atom. The largest absolute Gasteiger partial charge is 0.496 e. The number of ether oxygens (including phenoxy) is 2. The quantitative estimate of drug-likeness (QED) is 0.787. The maximum Gasteiger partial charge on any atom is 0.342 e. The molecule has 98 valence electrons. The third-order valence-electron chi connectivity index (χ3n) is 2.85. The van der Waals surface area contributed by atoms with E-state index in [0.717, 1.165) is 11.1 Å². The van der Waals surface area contributed by atoms with Gasteiger partial charge in [-0.05, 0) is 24.1 Å². The smallest absolute Gasteiger partial charge is 0.342 e. The fraction of sp³-hybridized carbons (Fsp3) is 0.188. The monoisotopic (exact) mass is 256 g/mol. The Labute approximate surface area is 112 Å². The molecule has 0 atom stereocenters. The van der Waals surface area contributed by atoms with Gasteiger partial charge in [-0.15, -0.1) is 0 Å². The number of hydrogen-bond acceptors (Lipinski definition) is 3. The highest BCUT2D eigenvalue weighted by Gasteiger charge is 2.15. The summed E-state index contributed by atoms with van der Waals surface area (Å²) in [6, 6.07) is 15.0. The topological polar surface area (TPSA) is 35.5 Å². The number of esters is 1. The second-order valence-corrected chi connectivity index (χ2v) is 4.22. The van der Waals surface area contributed by atoms with Gasteiger partial charge in [-0.3, -0.25) is 0 Å². The van der Waals surface area contributed by atoms with E-state index in [4.69, 9.17) is 9.47 Å². The van der Waals surface area contributed by atoms with Crippen LogP contribution in [0.2, 0.25) is 0 Å². The van der Waals surface area contributed by atoms with Gasteiger partial charge in [-0.25, -0.2) is 4.79 Å². The van der Waals surface area contributed by atoms with E-state index in [2.05, 4.69) is 0 Å². The summed E-state index contributed by atoms with van der Waals surface area (Å²) < 4.78 is 10.5. The fourth-order valence-corrected chi connectivity index (χ4v) is 1.89. The first-order chi connectivity index (χ1) is 9.22. The number of hydrogen-bond donors (Lipinski definition) is 0. The van der Waals surface area contributed by atoms with Crippen LogP contribution >= 0.6 is 0 Å². The Kier molecular flexibility index (Phi) is 4.18. The molecule has 19 heavy (non-hydrogen) atoms. The van der Waals surface area contributed by atoms with Crippen molar-refractivity contribution in [1.82, 2.24) is 0 Å². The average molecular weight is 256 g/mol. The first-order valence-corrected chi connectivity index (χ1v) is 6.07. The van der Waals surface area contributed by atoms with Crippen molar-refractivity contribution in [2.45, 2.75) is 13.5 Å². The molecule has 2 rings (SSSR count). The molecule has 3 nitrogen and oxygen atoms in total. The molecule has 0 fully saturated rings. The SMILES string of the molecule is COc1c(C)cccc1C(=O)OCc1ccccc1. The molecule has 0 aliphatic carbocycles. The molecule has 0 unspecified atom stereocenters. The van der Waals surface area contributed by atoms with Gasteiger partial charge < -0.3 is 9.47 Å². The van der Waals surface area contributed by atoms with E-state index in [1.807, 2.05) is 49.4 Å². The summed E-state index contributed by atoms with van der Waals surface area (Å²) in [6.45, 7) is 2.16. The molecular formula is C16H16O3. The van der Waals surface area contributed by atoms with Crippen molar-refractivity contribution in [2.24, 2.45) is 0 Å². The van der Waals surface area contributed by atoms with E-state index < -0.39 is 0 Å². The highest BCUT2D eigenvalue weighted by atomic mass is 16.5. The lowest BCUT2D eigenvalue weighted by Crippen LogP contribution is -2.07. The predicted octanol–water partition coefficient (Wildman–Crippen LogP) is 3.36. The third-order valence-corrected chi connectivity index (χ3v) is 2.85. The van der Waals surface area contributed by atoms with E-state index in [1.54, 1.807) is 13.2 Å². The molecule has 0 saturated carbocycles. The molecule has 0 spiro atoms. The lowest BCUT2D eigenvalue weighted by Gasteiger charge is -2.10. The van der Waals surface area contributed by atoms with Crippen LogP contribution in [0, 0.1) is 6.92 Å². The van der Waals surface area contributed by atoms with E-state index in [9.17, 15) is 4.79 Å². The van der Waals surface area contributed by atoms with Crippen molar-refractivity contribution < 1.29 is 14.3 Å². The molecule has 0 aliphatic heterocycles. The molecule has 0 saturated heterocycles. The predicted molar refractivity (Wildman–Crippen MR) is 73.3 cm³/mol. The van der Waals surface area contributed by atoms with Gasteiger partial charge >= 0.3 is 5.97 Å². The molecule has 0 amide bonds. The third kappa shape index (κ3) is 3.13. The van der Waals surface area contributed by atoms with Crippen LogP contribution in [0.25, 0.3) is 0 Å². The molecule has 0 radical (unpaired) electrons. The van der Waals surface area contributed by atoms with E-state index in [0.29, 0.717) is 11.3 Å². The lowest BCUT2D eigenvalue weighted by atomic mass is 10.1. The van der Waals surface area contributed by atoms with Crippen LogP contribution in [-0.2, 0) is 11.3 Å². The van der Waals surface area contributed by atoms with Gasteiger partial charge in [0.05, 0.1) is 7.11 Å². The number of para-hydroxylation sites is 1. The Bertz CT molecular complexity index is 561. The zero-order valence-corrected chi connectivity index (χ0v) is 11.1. The van der Waals surface area contributed by atoms with Crippen LogP contribution in [0.4, 0.5) is 0 Å². The maximum atomic E-state index is 12.0.